The van der Waals surface area contributed by atoms with E-state index in [2.05, 4.69) is 29.9 Å². The summed E-state index contributed by atoms with van der Waals surface area (Å²) in [5, 5.41) is 22.3. The van der Waals surface area contributed by atoms with Crippen molar-refractivity contribution >= 4 is 43.5 Å². The largest absolute Gasteiger partial charge is 0.387 e. The number of nitrogen functional groups attached to an aromatic ring is 1. The number of aromatic amines is 2. The van der Waals surface area contributed by atoms with E-state index in [1.807, 2.05) is 0 Å². The van der Waals surface area contributed by atoms with Gasteiger partial charge in [-0.15, -0.1) is 0 Å². The molecule has 8 N–H and O–H groups in total. The monoisotopic (exact) mass is 717 g/mol. The Hall–Kier alpha value is -3.44. The van der Waals surface area contributed by atoms with Crippen molar-refractivity contribution in [1.82, 2.24) is 39.0 Å². The number of nitrogens with zero attached hydrogens (tertiary/aromatic N) is 6. The Morgan fingerprint density at radius 3 is 2.02 bits per heavy atom. The first-order chi connectivity index (χ1) is 22.7. The number of aryl methyl sites for hydroxylation is 1. The van der Waals surface area contributed by atoms with Crippen LogP contribution >= 0.6 is 15.2 Å². The molecule has 260 valence electrons. The number of fused-ring (bicyclic) bond motifs is 5. The van der Waals surface area contributed by atoms with Crippen molar-refractivity contribution in [1.29, 1.82) is 0 Å². The van der Waals surface area contributed by atoms with Gasteiger partial charge in [-0.1, -0.05) is 0 Å². The van der Waals surface area contributed by atoms with Gasteiger partial charge in [0.1, 0.15) is 55.1 Å². The van der Waals surface area contributed by atoms with Crippen LogP contribution in [0.1, 0.15) is 18.3 Å². The maximum atomic E-state index is 13.2. The third kappa shape index (κ3) is 6.01. The van der Waals surface area contributed by atoms with Gasteiger partial charge in [0.25, 0.3) is 11.1 Å². The number of hydrogen-bond donors (Lipinski definition) is 7. The summed E-state index contributed by atoms with van der Waals surface area (Å²) in [5.74, 6) is -0.00818. The van der Waals surface area contributed by atoms with Crippen molar-refractivity contribution in [3.63, 3.8) is 0 Å². The maximum Gasteiger partial charge on any atom is 0.353 e. The van der Waals surface area contributed by atoms with Gasteiger partial charge in [0.2, 0.25) is 5.95 Å². The van der Waals surface area contributed by atoms with E-state index in [0.717, 1.165) is 6.33 Å². The van der Waals surface area contributed by atoms with Gasteiger partial charge in [-0.3, -0.25) is 32.8 Å². The van der Waals surface area contributed by atoms with Crippen molar-refractivity contribution in [2.24, 2.45) is 0 Å². The van der Waals surface area contributed by atoms with Gasteiger partial charge in [-0.25, -0.2) is 15.0 Å². The summed E-state index contributed by atoms with van der Waals surface area (Å²) in [5.41, 5.74) is 4.25. The summed E-state index contributed by atoms with van der Waals surface area (Å²) in [7, 11) is -9.29. The summed E-state index contributed by atoms with van der Waals surface area (Å²) < 4.78 is 62.2. The zero-order valence-corrected chi connectivity index (χ0v) is 26.4. The predicted octanol–water partition coefficient (Wildman–Crippen LogP) is -2.24. The molecule has 4 aromatic rings. The Labute approximate surface area is 266 Å². The molecular weight excluding hydrogens is 688 g/mol. The Morgan fingerprint density at radius 1 is 0.812 bits per heavy atom. The molecule has 3 fully saturated rings. The first-order valence-corrected chi connectivity index (χ1v) is 17.7. The van der Waals surface area contributed by atoms with Crippen LogP contribution < -0.4 is 16.9 Å². The van der Waals surface area contributed by atoms with E-state index < -0.39 is 101 Å². The molecule has 0 spiro atoms. The Morgan fingerprint density at radius 2 is 1.35 bits per heavy atom. The smallest absolute Gasteiger partial charge is 0.353 e. The van der Waals surface area contributed by atoms with Gasteiger partial charge in [-0.2, -0.15) is 4.98 Å². The summed E-state index contributed by atoms with van der Waals surface area (Å²) in [4.78, 5) is 67.1. The molecular formula is C23H29N9O14P2. The molecule has 3 aliphatic heterocycles. The SMILES string of the molecule is Cc1nc2c(ncn2[C@@H]2O[C@@H]3COP(=O)(O)CO[C@@H]4C(O)[C@H](n5cnc6c(=O)[nH]c(N)nc65)O[C@@H]4COP(=O)(O)COC2[C@H]3O)c(=O)[nH]1. The molecule has 3 aliphatic rings. The lowest BCUT2D eigenvalue weighted by molar-refractivity contribution is -0.0696. The van der Waals surface area contributed by atoms with Crippen molar-refractivity contribution in [2.75, 3.05) is 31.6 Å². The third-order valence-electron chi connectivity index (χ3n) is 7.91. The number of imidazole rings is 2. The Kier molecular flexibility index (Phi) is 8.38. The van der Waals surface area contributed by atoms with Gasteiger partial charge in [0.05, 0.1) is 25.9 Å². The van der Waals surface area contributed by atoms with Crippen molar-refractivity contribution in [2.45, 2.75) is 56.0 Å². The van der Waals surface area contributed by atoms with Gasteiger partial charge in [0.15, 0.2) is 34.8 Å². The number of aliphatic hydroxyl groups is 2. The highest BCUT2D eigenvalue weighted by Gasteiger charge is 2.50. The molecule has 23 nitrogen and oxygen atoms in total. The zero-order valence-electron chi connectivity index (χ0n) is 24.6. The number of anilines is 1. The molecule has 0 radical (unpaired) electrons. The van der Waals surface area contributed by atoms with E-state index in [1.165, 1.54) is 22.4 Å². The number of aliphatic hydroxyl groups excluding tert-OH is 2. The number of hydrogen-bond acceptors (Lipinski definition) is 17. The van der Waals surface area contributed by atoms with Crippen LogP contribution in [0.5, 0.6) is 0 Å². The van der Waals surface area contributed by atoms with Gasteiger partial charge in [-0.05, 0) is 6.92 Å². The molecule has 4 aromatic heterocycles. The topological polar surface area (TPSA) is 324 Å². The van der Waals surface area contributed by atoms with Crippen molar-refractivity contribution in [3.8, 4) is 0 Å². The molecule has 0 saturated carbocycles. The third-order valence-corrected chi connectivity index (χ3v) is 9.97. The fourth-order valence-corrected chi connectivity index (χ4v) is 7.35. The normalized spacial score (nSPS) is 36.6. The molecule has 2 bridgehead atoms. The first kappa shape index (κ1) is 33.1. The highest BCUT2D eigenvalue weighted by atomic mass is 31.2. The van der Waals surface area contributed by atoms with Crippen LogP contribution in [0, 0.1) is 6.92 Å². The summed E-state index contributed by atoms with van der Waals surface area (Å²) in [6.07, 6.45) is -11.1. The van der Waals surface area contributed by atoms with Crippen LogP contribution in [0.15, 0.2) is 22.2 Å². The lowest BCUT2D eigenvalue weighted by Crippen LogP contribution is -2.37. The molecule has 4 unspecified atom stereocenters. The molecule has 10 atom stereocenters. The number of aromatic nitrogens is 8. The van der Waals surface area contributed by atoms with Crippen LogP contribution in [0.3, 0.4) is 0 Å². The van der Waals surface area contributed by atoms with E-state index in [9.17, 15) is 38.7 Å². The average Bonchev–Trinajstić information content (AvgIpc) is 3.76. The molecule has 0 aliphatic carbocycles. The van der Waals surface area contributed by atoms with Crippen molar-refractivity contribution < 1.29 is 57.1 Å². The van der Waals surface area contributed by atoms with Crippen LogP contribution in [-0.4, -0.2) is 122 Å². The molecule has 7 heterocycles. The fraction of sp³-hybridized carbons (Fsp3) is 0.565. The second kappa shape index (κ2) is 12.2. The standard InChI is InChI=1S/C23H29N9O14P2/c1-8-27-17-11(19(35)28-8)26-5-32(17)22-16-13(33)9(45-22)2-43-47(37,38)6-41-15-10(3-44-48(39,40)7-42-16)46-21(14(15)34)31-4-25-12-18(31)29-23(24)30-20(12)36/h4-5,9-10,13-16,21-22,33-34H,2-3,6-7H2,1H3,(H,37,38)(H,39,40)(H,27,28,35)(H3,24,29,30,36)/t9-,10-,13+,14?,15+,16?,21-,22-/m1/s1. The summed E-state index contributed by atoms with van der Waals surface area (Å²) in [6.45, 7) is 0.144. The second-order valence-corrected chi connectivity index (χ2v) is 14.8. The highest BCUT2D eigenvalue weighted by molar-refractivity contribution is 7.52. The van der Waals surface area contributed by atoms with Crippen molar-refractivity contribution in [3.05, 3.63) is 39.2 Å². The van der Waals surface area contributed by atoms with Crippen LogP contribution in [0.4, 0.5) is 5.95 Å². The number of nitrogens with two attached hydrogens (primary N) is 1. The predicted molar refractivity (Wildman–Crippen MR) is 156 cm³/mol. The minimum atomic E-state index is -4.66. The summed E-state index contributed by atoms with van der Waals surface area (Å²) in [6, 6.07) is 0. The average molecular weight is 717 g/mol. The molecule has 25 heteroatoms. The minimum Gasteiger partial charge on any atom is -0.387 e. The van der Waals surface area contributed by atoms with Gasteiger partial charge in [0, 0.05) is 0 Å². The zero-order chi connectivity index (χ0) is 34.1. The number of ether oxygens (including phenoxy) is 4. The van der Waals surface area contributed by atoms with Crippen LogP contribution in [0.2, 0.25) is 0 Å². The highest BCUT2D eigenvalue weighted by Crippen LogP contribution is 2.48. The van der Waals surface area contributed by atoms with E-state index in [4.69, 9.17) is 33.7 Å². The number of rotatable bonds is 2. The number of nitrogens with one attached hydrogen (secondary N) is 2. The van der Waals surface area contributed by atoms with Gasteiger partial charge < -0.3 is 58.7 Å². The lowest BCUT2D eigenvalue weighted by Gasteiger charge is -2.24. The quantitative estimate of drug-likeness (QED) is 0.108. The molecule has 0 amide bonds. The maximum absolute atomic E-state index is 13.2. The van der Waals surface area contributed by atoms with E-state index >= 15 is 0 Å². The number of H-pyrrole nitrogens is 2. The Balaban J connectivity index is 1.17. The lowest BCUT2D eigenvalue weighted by atomic mass is 10.1. The van der Waals surface area contributed by atoms with Gasteiger partial charge >= 0.3 is 15.2 Å². The molecule has 3 saturated heterocycles. The van der Waals surface area contributed by atoms with E-state index in [1.54, 1.807) is 0 Å². The molecule has 0 aromatic carbocycles. The van der Waals surface area contributed by atoms with Crippen LogP contribution in [0.25, 0.3) is 22.3 Å². The Bertz CT molecular complexity index is 2080. The van der Waals surface area contributed by atoms with Crippen LogP contribution in [-0.2, 0) is 37.1 Å². The first-order valence-electron chi connectivity index (χ1n) is 14.2. The molecule has 48 heavy (non-hydrogen) atoms. The summed E-state index contributed by atoms with van der Waals surface area (Å²) >= 11 is 0. The second-order valence-electron chi connectivity index (χ2n) is 11.2. The fourth-order valence-electron chi connectivity index (χ4n) is 5.72. The molecule has 7 rings (SSSR count). The van der Waals surface area contributed by atoms with E-state index in [0.29, 0.717) is 0 Å². The minimum absolute atomic E-state index is 0.0494. The van der Waals surface area contributed by atoms with E-state index in [-0.39, 0.29) is 34.1 Å².